The van der Waals surface area contributed by atoms with E-state index in [0.29, 0.717) is 12.5 Å². The van der Waals surface area contributed by atoms with Crippen molar-refractivity contribution in [3.05, 3.63) is 54.0 Å². The number of fused-ring (bicyclic) bond motifs is 1. The Kier molecular flexibility index (Phi) is 2.87. The Morgan fingerprint density at radius 3 is 2.79 bits per heavy atom. The zero-order valence-electron chi connectivity index (χ0n) is 10.4. The number of hydrogen-bond acceptors (Lipinski definition) is 3. The molecule has 2 aromatic heterocycles. The fraction of sp³-hybridized carbons (Fsp3) is 0.143. The number of hydrogen-bond donors (Lipinski definition) is 0. The van der Waals surface area contributed by atoms with Gasteiger partial charge in [0.15, 0.2) is 5.65 Å². The van der Waals surface area contributed by atoms with Gasteiger partial charge in [-0.2, -0.15) is 0 Å². The zero-order chi connectivity index (χ0) is 13.2. The third-order valence-corrected chi connectivity index (χ3v) is 2.85. The highest BCUT2D eigenvalue weighted by atomic mass is 19.1. The molecule has 2 heterocycles. The summed E-state index contributed by atoms with van der Waals surface area (Å²) in [4.78, 5) is 4.24. The molecule has 0 unspecified atom stereocenters. The fourth-order valence-electron chi connectivity index (χ4n) is 1.90. The molecule has 0 atom stereocenters. The highest BCUT2D eigenvalue weighted by molar-refractivity contribution is 5.80. The number of nitrogens with zero attached hydrogens (tertiary/aromatic N) is 3. The average molecular weight is 257 g/mol. The summed E-state index contributed by atoms with van der Waals surface area (Å²) in [6, 6.07) is 9.97. The third-order valence-electron chi connectivity index (χ3n) is 2.85. The minimum Gasteiger partial charge on any atom is -0.471 e. The quantitative estimate of drug-likeness (QED) is 0.724. The first-order valence-corrected chi connectivity index (χ1v) is 5.89. The molecule has 0 fully saturated rings. The smallest absolute Gasteiger partial charge is 0.242 e. The Bertz CT molecular complexity index is 706. The number of rotatable bonds is 3. The maximum atomic E-state index is 12.8. The average Bonchev–Trinajstić information content (AvgIpc) is 2.76. The molecule has 0 saturated carbocycles. The van der Waals surface area contributed by atoms with Crippen molar-refractivity contribution in [2.45, 2.75) is 6.61 Å². The summed E-state index contributed by atoms with van der Waals surface area (Å²) in [7, 11) is 1.82. The summed E-state index contributed by atoms with van der Waals surface area (Å²) in [5, 5.41) is 5.15. The van der Waals surface area contributed by atoms with E-state index in [-0.39, 0.29) is 5.82 Å². The van der Waals surface area contributed by atoms with Gasteiger partial charge in [0, 0.05) is 13.2 Å². The van der Waals surface area contributed by atoms with Crippen molar-refractivity contribution in [3.63, 3.8) is 0 Å². The molecule has 4 nitrogen and oxygen atoms in total. The fourth-order valence-corrected chi connectivity index (χ4v) is 1.90. The monoisotopic (exact) mass is 257 g/mol. The van der Waals surface area contributed by atoms with Gasteiger partial charge in [-0.15, -0.1) is 5.10 Å². The van der Waals surface area contributed by atoms with Crippen LogP contribution in [0.3, 0.4) is 0 Å². The molecule has 0 aliphatic heterocycles. The van der Waals surface area contributed by atoms with Crippen LogP contribution < -0.4 is 4.74 Å². The highest BCUT2D eigenvalue weighted by Crippen LogP contribution is 2.22. The molecule has 0 aliphatic carbocycles. The van der Waals surface area contributed by atoms with Crippen LogP contribution in [-0.2, 0) is 13.7 Å². The van der Waals surface area contributed by atoms with Crippen LogP contribution in [0.2, 0.25) is 0 Å². The predicted molar refractivity (Wildman–Crippen MR) is 69.2 cm³/mol. The molecule has 3 rings (SSSR count). The van der Waals surface area contributed by atoms with Gasteiger partial charge in [0.25, 0.3) is 0 Å². The van der Waals surface area contributed by atoms with Crippen LogP contribution in [0.5, 0.6) is 5.88 Å². The number of pyridine rings is 1. The van der Waals surface area contributed by atoms with Crippen LogP contribution in [0.25, 0.3) is 11.0 Å². The van der Waals surface area contributed by atoms with Crippen molar-refractivity contribution < 1.29 is 9.13 Å². The van der Waals surface area contributed by atoms with Crippen molar-refractivity contribution in [2.75, 3.05) is 0 Å². The van der Waals surface area contributed by atoms with Gasteiger partial charge in [0.2, 0.25) is 5.88 Å². The number of aromatic nitrogens is 3. The van der Waals surface area contributed by atoms with Crippen molar-refractivity contribution >= 4 is 11.0 Å². The van der Waals surface area contributed by atoms with Crippen LogP contribution in [0.1, 0.15) is 5.56 Å². The SMILES string of the molecule is Cn1nc(OCc2ccc(F)cc2)c2cccnc21. The van der Waals surface area contributed by atoms with Crippen LogP contribution in [-0.4, -0.2) is 14.8 Å². The lowest BCUT2D eigenvalue weighted by Crippen LogP contribution is -1.97. The predicted octanol–water partition coefficient (Wildman–Crippen LogP) is 2.69. The Labute approximate surface area is 109 Å². The second kappa shape index (κ2) is 4.68. The number of aryl methyl sites for hydroxylation is 1. The van der Waals surface area contributed by atoms with Crippen molar-refractivity contribution in [1.82, 2.24) is 14.8 Å². The van der Waals surface area contributed by atoms with Crippen LogP contribution >= 0.6 is 0 Å². The molecule has 0 saturated heterocycles. The summed E-state index contributed by atoms with van der Waals surface area (Å²) in [5.41, 5.74) is 1.67. The Morgan fingerprint density at radius 2 is 2.00 bits per heavy atom. The third kappa shape index (κ3) is 2.27. The summed E-state index contributed by atoms with van der Waals surface area (Å²) >= 11 is 0. The molecule has 1 aromatic carbocycles. The van der Waals surface area contributed by atoms with Gasteiger partial charge < -0.3 is 4.74 Å². The van der Waals surface area contributed by atoms with Gasteiger partial charge in [0.1, 0.15) is 12.4 Å². The molecule has 3 aromatic rings. The molecule has 0 spiro atoms. The largest absolute Gasteiger partial charge is 0.471 e. The first kappa shape index (κ1) is 11.6. The second-order valence-corrected chi connectivity index (χ2v) is 4.22. The molecular formula is C14H12FN3O. The summed E-state index contributed by atoms with van der Waals surface area (Å²) in [6.45, 7) is 0.348. The molecule has 0 amide bonds. The van der Waals surface area contributed by atoms with Crippen LogP contribution in [0.15, 0.2) is 42.6 Å². The standard InChI is InChI=1S/C14H12FN3O/c1-18-13-12(3-2-8-16-13)14(17-18)19-9-10-4-6-11(15)7-5-10/h2-8H,9H2,1H3. The Balaban J connectivity index is 1.84. The van der Waals surface area contributed by atoms with E-state index in [9.17, 15) is 4.39 Å². The number of benzene rings is 1. The minimum absolute atomic E-state index is 0.253. The molecule has 0 radical (unpaired) electrons. The van der Waals surface area contributed by atoms with Gasteiger partial charge >= 0.3 is 0 Å². The Morgan fingerprint density at radius 1 is 1.21 bits per heavy atom. The van der Waals surface area contributed by atoms with E-state index >= 15 is 0 Å². The van der Waals surface area contributed by atoms with E-state index in [0.717, 1.165) is 16.6 Å². The first-order valence-electron chi connectivity index (χ1n) is 5.89. The number of halogens is 1. The van der Waals surface area contributed by atoms with E-state index in [1.807, 2.05) is 19.2 Å². The molecule has 5 heteroatoms. The Hall–Kier alpha value is -2.43. The summed E-state index contributed by atoms with van der Waals surface area (Å²) in [5.74, 6) is 0.283. The van der Waals surface area contributed by atoms with Crippen molar-refractivity contribution in [1.29, 1.82) is 0 Å². The summed E-state index contributed by atoms with van der Waals surface area (Å²) in [6.07, 6.45) is 1.72. The maximum absolute atomic E-state index is 12.8. The highest BCUT2D eigenvalue weighted by Gasteiger charge is 2.09. The molecular weight excluding hydrogens is 245 g/mol. The summed E-state index contributed by atoms with van der Waals surface area (Å²) < 4.78 is 20.1. The lowest BCUT2D eigenvalue weighted by molar-refractivity contribution is 0.294. The van der Waals surface area contributed by atoms with Crippen molar-refractivity contribution in [3.8, 4) is 5.88 Å². The molecule has 96 valence electrons. The molecule has 19 heavy (non-hydrogen) atoms. The first-order chi connectivity index (χ1) is 9.24. The van der Waals surface area contributed by atoms with E-state index in [1.165, 1.54) is 12.1 Å². The van der Waals surface area contributed by atoms with E-state index in [2.05, 4.69) is 10.1 Å². The molecule has 0 bridgehead atoms. The number of ether oxygens (including phenoxy) is 1. The van der Waals surface area contributed by atoms with Gasteiger partial charge in [-0.25, -0.2) is 14.1 Å². The van der Waals surface area contributed by atoms with Gasteiger partial charge in [-0.3, -0.25) is 0 Å². The van der Waals surface area contributed by atoms with E-state index in [1.54, 1.807) is 23.0 Å². The van der Waals surface area contributed by atoms with Gasteiger partial charge in [0.05, 0.1) is 5.39 Å². The van der Waals surface area contributed by atoms with Crippen molar-refractivity contribution in [2.24, 2.45) is 7.05 Å². The van der Waals surface area contributed by atoms with E-state index in [4.69, 9.17) is 4.74 Å². The molecule has 0 aliphatic rings. The van der Waals surface area contributed by atoms with Gasteiger partial charge in [-0.1, -0.05) is 12.1 Å². The molecule has 0 N–H and O–H groups in total. The zero-order valence-corrected chi connectivity index (χ0v) is 10.4. The van der Waals surface area contributed by atoms with Gasteiger partial charge in [-0.05, 0) is 29.8 Å². The van der Waals surface area contributed by atoms with Crippen LogP contribution in [0, 0.1) is 5.82 Å². The van der Waals surface area contributed by atoms with Crippen LogP contribution in [0.4, 0.5) is 4.39 Å². The lowest BCUT2D eigenvalue weighted by Gasteiger charge is -2.03. The normalized spacial score (nSPS) is 10.8. The van der Waals surface area contributed by atoms with E-state index < -0.39 is 0 Å². The second-order valence-electron chi connectivity index (χ2n) is 4.22. The topological polar surface area (TPSA) is 39.9 Å². The maximum Gasteiger partial charge on any atom is 0.242 e. The minimum atomic E-state index is -0.253. The lowest BCUT2D eigenvalue weighted by atomic mass is 10.2.